The van der Waals surface area contributed by atoms with Gasteiger partial charge in [-0.3, -0.25) is 4.68 Å². The van der Waals surface area contributed by atoms with Crippen molar-refractivity contribution in [2.75, 3.05) is 18.1 Å². The number of nitrogens with zero attached hydrogens (tertiary/aromatic N) is 2. The highest BCUT2D eigenvalue weighted by atomic mass is 32.2. The molecule has 0 spiro atoms. The lowest BCUT2D eigenvalue weighted by atomic mass is 10.2. The second-order valence-corrected chi connectivity index (χ2v) is 9.85. The van der Waals surface area contributed by atoms with Crippen LogP contribution < -0.4 is 5.32 Å². The molecule has 132 valence electrons. The van der Waals surface area contributed by atoms with Crippen molar-refractivity contribution in [2.24, 2.45) is 5.92 Å². The van der Waals surface area contributed by atoms with Crippen LogP contribution in [0.25, 0.3) is 10.6 Å². The van der Waals surface area contributed by atoms with Gasteiger partial charge in [0.25, 0.3) is 0 Å². The van der Waals surface area contributed by atoms with Gasteiger partial charge in [-0.1, -0.05) is 6.92 Å². The Labute approximate surface area is 146 Å². The fraction of sp³-hybridized carbons (Fsp3) is 0.562. The number of aliphatic hydroxyl groups excluding tert-OH is 1. The van der Waals surface area contributed by atoms with Gasteiger partial charge in [-0.2, -0.15) is 5.10 Å². The van der Waals surface area contributed by atoms with Gasteiger partial charge < -0.3 is 10.4 Å². The zero-order chi connectivity index (χ0) is 17.2. The van der Waals surface area contributed by atoms with Gasteiger partial charge in [-0.05, 0) is 30.5 Å². The predicted octanol–water partition coefficient (Wildman–Crippen LogP) is 1.52. The van der Waals surface area contributed by atoms with Crippen LogP contribution in [0.15, 0.2) is 24.4 Å². The second-order valence-electron chi connectivity index (χ2n) is 6.46. The van der Waals surface area contributed by atoms with Crippen LogP contribution in [0.2, 0.25) is 0 Å². The fourth-order valence-corrected chi connectivity index (χ4v) is 5.41. The number of aromatic nitrogens is 2. The zero-order valence-corrected chi connectivity index (χ0v) is 15.3. The molecule has 0 saturated carbocycles. The lowest BCUT2D eigenvalue weighted by Crippen LogP contribution is -2.29. The molecule has 1 aliphatic rings. The SMILES string of the molecule is C[C@@H](CO)Cn1ccc(-c2ccc(CNC3CCS(=O)(=O)C3)s2)n1. The Morgan fingerprint density at radius 2 is 2.29 bits per heavy atom. The van der Waals surface area contributed by atoms with E-state index in [1.54, 1.807) is 11.3 Å². The molecule has 3 heterocycles. The predicted molar refractivity (Wildman–Crippen MR) is 95.7 cm³/mol. The Kier molecular flexibility index (Phi) is 5.39. The summed E-state index contributed by atoms with van der Waals surface area (Å²) in [6.45, 7) is 3.53. The maximum Gasteiger partial charge on any atom is 0.151 e. The largest absolute Gasteiger partial charge is 0.396 e. The topological polar surface area (TPSA) is 84.2 Å². The van der Waals surface area contributed by atoms with Crippen molar-refractivity contribution in [1.82, 2.24) is 15.1 Å². The number of hydrogen-bond acceptors (Lipinski definition) is 6. The number of nitrogens with one attached hydrogen (secondary N) is 1. The monoisotopic (exact) mass is 369 g/mol. The summed E-state index contributed by atoms with van der Waals surface area (Å²) in [5.74, 6) is 0.728. The van der Waals surface area contributed by atoms with Gasteiger partial charge in [0.05, 0.1) is 16.4 Å². The highest BCUT2D eigenvalue weighted by Gasteiger charge is 2.27. The van der Waals surface area contributed by atoms with Gasteiger partial charge >= 0.3 is 0 Å². The molecular weight excluding hydrogens is 346 g/mol. The van der Waals surface area contributed by atoms with E-state index >= 15 is 0 Å². The first-order valence-electron chi connectivity index (χ1n) is 8.12. The number of aliphatic hydroxyl groups is 1. The molecule has 2 N–H and O–H groups in total. The summed E-state index contributed by atoms with van der Waals surface area (Å²) in [7, 11) is -2.84. The summed E-state index contributed by atoms with van der Waals surface area (Å²) >= 11 is 1.67. The third-order valence-electron chi connectivity index (χ3n) is 4.16. The van der Waals surface area contributed by atoms with Crippen molar-refractivity contribution in [3.63, 3.8) is 0 Å². The number of rotatable bonds is 7. The molecule has 0 amide bonds. The minimum atomic E-state index is -2.84. The van der Waals surface area contributed by atoms with Crippen LogP contribution in [0.4, 0.5) is 0 Å². The van der Waals surface area contributed by atoms with Crippen LogP contribution in [0, 0.1) is 5.92 Å². The Morgan fingerprint density at radius 3 is 3.00 bits per heavy atom. The molecule has 0 bridgehead atoms. The van der Waals surface area contributed by atoms with Gasteiger partial charge in [0.15, 0.2) is 9.84 Å². The van der Waals surface area contributed by atoms with E-state index in [1.807, 2.05) is 23.9 Å². The first-order valence-corrected chi connectivity index (χ1v) is 10.8. The van der Waals surface area contributed by atoms with Crippen LogP contribution in [0.3, 0.4) is 0 Å². The van der Waals surface area contributed by atoms with E-state index in [9.17, 15) is 8.42 Å². The van der Waals surface area contributed by atoms with Gasteiger partial charge in [-0.15, -0.1) is 11.3 Å². The molecule has 0 aliphatic carbocycles. The highest BCUT2D eigenvalue weighted by Crippen LogP contribution is 2.27. The molecular formula is C16H23N3O3S2. The van der Waals surface area contributed by atoms with Crippen LogP contribution in [0.1, 0.15) is 18.2 Å². The maximum atomic E-state index is 11.5. The van der Waals surface area contributed by atoms with Crippen molar-refractivity contribution >= 4 is 21.2 Å². The molecule has 2 aromatic heterocycles. The van der Waals surface area contributed by atoms with E-state index in [-0.39, 0.29) is 24.3 Å². The summed E-state index contributed by atoms with van der Waals surface area (Å²) < 4.78 is 24.8. The molecule has 8 heteroatoms. The van der Waals surface area contributed by atoms with Crippen LogP contribution in [0.5, 0.6) is 0 Å². The van der Waals surface area contributed by atoms with Crippen molar-refractivity contribution in [1.29, 1.82) is 0 Å². The summed E-state index contributed by atoms with van der Waals surface area (Å²) in [6.07, 6.45) is 2.64. The first-order chi connectivity index (χ1) is 11.4. The van der Waals surface area contributed by atoms with E-state index in [2.05, 4.69) is 22.5 Å². The Balaban J connectivity index is 1.57. The van der Waals surface area contributed by atoms with Gasteiger partial charge in [0.1, 0.15) is 5.69 Å². The smallest absolute Gasteiger partial charge is 0.151 e. The normalized spacial score (nSPS) is 21.2. The molecule has 0 radical (unpaired) electrons. The lowest BCUT2D eigenvalue weighted by molar-refractivity contribution is 0.219. The minimum Gasteiger partial charge on any atom is -0.396 e. The summed E-state index contributed by atoms with van der Waals surface area (Å²) in [6, 6.07) is 6.16. The number of sulfone groups is 1. The number of hydrogen-bond donors (Lipinski definition) is 2. The molecule has 1 saturated heterocycles. The number of thiophene rings is 1. The highest BCUT2D eigenvalue weighted by molar-refractivity contribution is 7.91. The molecule has 0 aromatic carbocycles. The molecule has 24 heavy (non-hydrogen) atoms. The van der Waals surface area contributed by atoms with Gasteiger partial charge in [0, 0.05) is 36.8 Å². The van der Waals surface area contributed by atoms with Gasteiger partial charge in [0.2, 0.25) is 0 Å². The molecule has 2 atom stereocenters. The maximum absolute atomic E-state index is 11.5. The van der Waals surface area contributed by atoms with E-state index in [0.29, 0.717) is 25.3 Å². The lowest BCUT2D eigenvalue weighted by Gasteiger charge is -2.08. The summed E-state index contributed by atoms with van der Waals surface area (Å²) in [5, 5.41) is 17.0. The van der Waals surface area contributed by atoms with E-state index in [4.69, 9.17) is 5.11 Å². The van der Waals surface area contributed by atoms with Crippen LogP contribution in [-0.2, 0) is 22.9 Å². The Morgan fingerprint density at radius 1 is 1.46 bits per heavy atom. The van der Waals surface area contributed by atoms with Gasteiger partial charge in [-0.25, -0.2) is 8.42 Å². The van der Waals surface area contributed by atoms with E-state index in [0.717, 1.165) is 10.6 Å². The van der Waals surface area contributed by atoms with Crippen LogP contribution >= 0.6 is 11.3 Å². The molecule has 2 aromatic rings. The standard InChI is InChI=1S/C16H23N3O3S2/c1-12(10-20)9-19-6-4-15(18-19)16-3-2-14(23-16)8-17-13-5-7-24(21,22)11-13/h2-4,6,12-13,17,20H,5,7-11H2,1H3/t12-,13?/m1/s1. The van der Waals surface area contributed by atoms with Crippen molar-refractivity contribution in [3.8, 4) is 10.6 Å². The zero-order valence-electron chi connectivity index (χ0n) is 13.7. The molecule has 6 nitrogen and oxygen atoms in total. The summed E-state index contributed by atoms with van der Waals surface area (Å²) in [5.41, 5.74) is 0.930. The molecule has 1 fully saturated rings. The third kappa shape index (κ3) is 4.44. The van der Waals surface area contributed by atoms with E-state index in [1.165, 1.54) is 4.88 Å². The first kappa shape index (κ1) is 17.6. The fourth-order valence-electron chi connectivity index (χ4n) is 2.78. The van der Waals surface area contributed by atoms with Crippen molar-refractivity contribution < 1.29 is 13.5 Å². The quantitative estimate of drug-likeness (QED) is 0.773. The third-order valence-corrected chi connectivity index (χ3v) is 7.04. The van der Waals surface area contributed by atoms with Crippen LogP contribution in [-0.4, -0.2) is 47.5 Å². The van der Waals surface area contributed by atoms with Crippen molar-refractivity contribution in [3.05, 3.63) is 29.3 Å². The molecule has 1 unspecified atom stereocenters. The average Bonchev–Trinajstić information content (AvgIpc) is 3.24. The average molecular weight is 370 g/mol. The second kappa shape index (κ2) is 7.35. The Bertz CT molecular complexity index is 782. The van der Waals surface area contributed by atoms with Crippen molar-refractivity contribution in [2.45, 2.75) is 32.5 Å². The molecule has 1 aliphatic heterocycles. The Hall–Kier alpha value is -1.22. The van der Waals surface area contributed by atoms with E-state index < -0.39 is 9.84 Å². The minimum absolute atomic E-state index is 0.0692. The summed E-state index contributed by atoms with van der Waals surface area (Å²) in [4.78, 5) is 2.27. The molecule has 3 rings (SSSR count).